The first-order valence-electron chi connectivity index (χ1n) is 7.53. The van der Waals surface area contributed by atoms with E-state index in [9.17, 15) is 4.79 Å². The summed E-state index contributed by atoms with van der Waals surface area (Å²) >= 11 is 0. The molecular formula is C18H17N3O. The van der Waals surface area contributed by atoms with Gasteiger partial charge in [0.15, 0.2) is 0 Å². The van der Waals surface area contributed by atoms with Gasteiger partial charge in [-0.05, 0) is 30.7 Å². The van der Waals surface area contributed by atoms with Gasteiger partial charge >= 0.3 is 0 Å². The smallest absolute Gasteiger partial charge is 0.227 e. The summed E-state index contributed by atoms with van der Waals surface area (Å²) in [7, 11) is 0. The maximum absolute atomic E-state index is 12.4. The van der Waals surface area contributed by atoms with Crippen molar-refractivity contribution in [3.8, 4) is 0 Å². The van der Waals surface area contributed by atoms with E-state index in [4.69, 9.17) is 0 Å². The fourth-order valence-corrected chi connectivity index (χ4v) is 3.16. The number of imidazole rings is 1. The summed E-state index contributed by atoms with van der Waals surface area (Å²) in [5.74, 6) is 1.20. The Morgan fingerprint density at radius 2 is 1.91 bits per heavy atom. The number of carbonyl (C=O) groups excluding carboxylic acids is 1. The Morgan fingerprint density at radius 3 is 2.73 bits per heavy atom. The summed E-state index contributed by atoms with van der Waals surface area (Å²) in [6.07, 6.45) is 0.508. The van der Waals surface area contributed by atoms with Crippen molar-refractivity contribution in [2.24, 2.45) is 0 Å². The lowest BCUT2D eigenvalue weighted by atomic mass is 10.1. The Bertz CT molecular complexity index is 819. The third-order valence-corrected chi connectivity index (χ3v) is 4.33. The van der Waals surface area contributed by atoms with Crippen LogP contribution < -0.4 is 4.90 Å². The van der Waals surface area contributed by atoms with E-state index in [-0.39, 0.29) is 11.8 Å². The summed E-state index contributed by atoms with van der Waals surface area (Å²) in [6.45, 7) is 2.72. The van der Waals surface area contributed by atoms with Gasteiger partial charge in [0, 0.05) is 24.6 Å². The van der Waals surface area contributed by atoms with Crippen LogP contribution in [0.5, 0.6) is 0 Å². The summed E-state index contributed by atoms with van der Waals surface area (Å²) in [5, 5.41) is 0. The predicted octanol–water partition coefficient (Wildman–Crippen LogP) is 3.39. The number of hydrogen-bond acceptors (Lipinski definition) is 2. The number of nitrogens with one attached hydrogen (secondary N) is 1. The highest BCUT2D eigenvalue weighted by molar-refractivity contribution is 5.97. The van der Waals surface area contributed by atoms with E-state index in [0.29, 0.717) is 13.0 Å². The number of aryl methyl sites for hydroxylation is 1. The van der Waals surface area contributed by atoms with Gasteiger partial charge in [0.05, 0.1) is 11.0 Å². The van der Waals surface area contributed by atoms with Crippen LogP contribution in [0.4, 0.5) is 5.69 Å². The standard InChI is InChI=1S/C18H17N3O/c1-12-6-2-5-9-16(12)21-11-13(10-17(21)22)18-19-14-7-3-4-8-15(14)20-18/h2-9,13H,10-11H2,1H3,(H,19,20)/t13-/m1/s1. The molecule has 2 heterocycles. The average molecular weight is 291 g/mol. The Hall–Kier alpha value is -2.62. The maximum Gasteiger partial charge on any atom is 0.227 e. The van der Waals surface area contributed by atoms with Crippen LogP contribution in [0.15, 0.2) is 48.5 Å². The van der Waals surface area contributed by atoms with E-state index >= 15 is 0 Å². The van der Waals surface area contributed by atoms with E-state index < -0.39 is 0 Å². The fraction of sp³-hybridized carbons (Fsp3) is 0.222. The fourth-order valence-electron chi connectivity index (χ4n) is 3.16. The maximum atomic E-state index is 12.4. The van der Waals surface area contributed by atoms with E-state index in [1.807, 2.05) is 60.4 Å². The van der Waals surface area contributed by atoms with Crippen molar-refractivity contribution in [3.05, 3.63) is 59.9 Å². The van der Waals surface area contributed by atoms with Crippen LogP contribution in [-0.2, 0) is 4.79 Å². The highest BCUT2D eigenvalue weighted by atomic mass is 16.2. The van der Waals surface area contributed by atoms with Crippen molar-refractivity contribution in [1.29, 1.82) is 0 Å². The van der Waals surface area contributed by atoms with Crippen LogP contribution in [0.1, 0.15) is 23.7 Å². The molecule has 110 valence electrons. The topological polar surface area (TPSA) is 49.0 Å². The Balaban J connectivity index is 1.66. The highest BCUT2D eigenvalue weighted by Crippen LogP contribution is 2.32. The third-order valence-electron chi connectivity index (χ3n) is 4.33. The molecule has 2 aromatic carbocycles. The van der Waals surface area contributed by atoms with Crippen LogP contribution in [0.25, 0.3) is 11.0 Å². The Kier molecular flexibility index (Phi) is 2.96. The largest absolute Gasteiger partial charge is 0.342 e. The molecule has 1 saturated heterocycles. The number of carbonyl (C=O) groups is 1. The van der Waals surface area contributed by atoms with Crippen LogP contribution in [0.2, 0.25) is 0 Å². The van der Waals surface area contributed by atoms with Crippen molar-refractivity contribution in [2.45, 2.75) is 19.3 Å². The van der Waals surface area contributed by atoms with Crippen LogP contribution >= 0.6 is 0 Å². The lowest BCUT2D eigenvalue weighted by molar-refractivity contribution is -0.117. The second kappa shape index (κ2) is 4.98. The molecule has 1 aromatic heterocycles. The number of H-pyrrole nitrogens is 1. The molecule has 0 saturated carbocycles. The lowest BCUT2D eigenvalue weighted by Crippen LogP contribution is -2.25. The van der Waals surface area contributed by atoms with Gasteiger partial charge in [0.2, 0.25) is 5.91 Å². The molecule has 1 amide bonds. The van der Waals surface area contributed by atoms with Crippen molar-refractivity contribution in [3.63, 3.8) is 0 Å². The molecular weight excluding hydrogens is 274 g/mol. The SMILES string of the molecule is Cc1ccccc1N1C[C@H](c2nc3ccccc3[nH]2)CC1=O. The molecule has 0 unspecified atom stereocenters. The van der Waals surface area contributed by atoms with Gasteiger partial charge in [-0.25, -0.2) is 4.98 Å². The molecule has 1 aliphatic rings. The van der Waals surface area contributed by atoms with E-state index in [1.54, 1.807) is 0 Å². The van der Waals surface area contributed by atoms with Crippen molar-refractivity contribution in [2.75, 3.05) is 11.4 Å². The molecule has 0 radical (unpaired) electrons. The van der Waals surface area contributed by atoms with Crippen LogP contribution in [0, 0.1) is 6.92 Å². The number of rotatable bonds is 2. The van der Waals surface area contributed by atoms with E-state index in [2.05, 4.69) is 9.97 Å². The molecule has 1 aliphatic heterocycles. The molecule has 4 heteroatoms. The Morgan fingerprint density at radius 1 is 1.14 bits per heavy atom. The van der Waals surface area contributed by atoms with E-state index in [0.717, 1.165) is 28.1 Å². The van der Waals surface area contributed by atoms with Gasteiger partial charge in [0.1, 0.15) is 5.82 Å². The first kappa shape index (κ1) is 13.1. The summed E-state index contributed by atoms with van der Waals surface area (Å²) in [5.41, 5.74) is 4.12. The van der Waals surface area contributed by atoms with Crippen molar-refractivity contribution in [1.82, 2.24) is 9.97 Å². The number of hydrogen-bond donors (Lipinski definition) is 1. The summed E-state index contributed by atoms with van der Waals surface area (Å²) in [4.78, 5) is 22.3. The molecule has 1 atom stereocenters. The number of nitrogens with zero attached hydrogens (tertiary/aromatic N) is 2. The second-order valence-corrected chi connectivity index (χ2v) is 5.83. The molecule has 1 fully saturated rings. The van der Waals surface area contributed by atoms with Gasteiger partial charge in [-0.2, -0.15) is 0 Å². The minimum atomic E-state index is 0.125. The molecule has 4 nitrogen and oxygen atoms in total. The second-order valence-electron chi connectivity index (χ2n) is 5.83. The first-order chi connectivity index (χ1) is 10.7. The highest BCUT2D eigenvalue weighted by Gasteiger charge is 2.33. The van der Waals surface area contributed by atoms with Crippen molar-refractivity contribution >= 4 is 22.6 Å². The molecule has 0 bridgehead atoms. The predicted molar refractivity (Wildman–Crippen MR) is 87.0 cm³/mol. The normalized spacial score (nSPS) is 18.3. The van der Waals surface area contributed by atoms with Gasteiger partial charge in [0.25, 0.3) is 0 Å². The zero-order chi connectivity index (χ0) is 15.1. The van der Waals surface area contributed by atoms with Gasteiger partial charge in [-0.1, -0.05) is 30.3 Å². The lowest BCUT2D eigenvalue weighted by Gasteiger charge is -2.18. The number of aromatic amines is 1. The van der Waals surface area contributed by atoms with Crippen LogP contribution in [-0.4, -0.2) is 22.4 Å². The molecule has 0 aliphatic carbocycles. The molecule has 22 heavy (non-hydrogen) atoms. The number of aromatic nitrogens is 2. The van der Waals surface area contributed by atoms with Gasteiger partial charge < -0.3 is 9.88 Å². The minimum absolute atomic E-state index is 0.125. The quantitative estimate of drug-likeness (QED) is 0.786. The van der Waals surface area contributed by atoms with Gasteiger partial charge in [-0.15, -0.1) is 0 Å². The number of amides is 1. The molecule has 3 aromatic rings. The number of anilines is 1. The monoisotopic (exact) mass is 291 g/mol. The molecule has 0 spiro atoms. The minimum Gasteiger partial charge on any atom is -0.342 e. The number of para-hydroxylation sites is 3. The number of benzene rings is 2. The summed E-state index contributed by atoms with van der Waals surface area (Å²) < 4.78 is 0. The first-order valence-corrected chi connectivity index (χ1v) is 7.53. The van der Waals surface area contributed by atoms with Crippen LogP contribution in [0.3, 0.4) is 0 Å². The van der Waals surface area contributed by atoms with Crippen molar-refractivity contribution < 1.29 is 4.79 Å². The van der Waals surface area contributed by atoms with Gasteiger partial charge in [-0.3, -0.25) is 4.79 Å². The third kappa shape index (κ3) is 2.08. The molecule has 1 N–H and O–H groups in total. The Labute approximate surface area is 128 Å². The van der Waals surface area contributed by atoms with E-state index in [1.165, 1.54) is 0 Å². The molecule has 4 rings (SSSR count). The summed E-state index contributed by atoms with van der Waals surface area (Å²) in [6, 6.07) is 16.0. The number of fused-ring (bicyclic) bond motifs is 1. The zero-order valence-electron chi connectivity index (χ0n) is 12.4. The average Bonchev–Trinajstić information content (AvgIpc) is 3.11. The zero-order valence-corrected chi connectivity index (χ0v) is 12.4.